The van der Waals surface area contributed by atoms with Gasteiger partial charge >= 0.3 is 0 Å². The third-order valence-corrected chi connectivity index (χ3v) is 4.73. The molecule has 1 fully saturated rings. The van der Waals surface area contributed by atoms with Crippen LogP contribution >= 0.6 is 15.9 Å². The summed E-state index contributed by atoms with van der Waals surface area (Å²) in [6, 6.07) is 9.53. The Morgan fingerprint density at radius 2 is 1.91 bits per heavy atom. The van der Waals surface area contributed by atoms with Crippen molar-refractivity contribution in [2.24, 2.45) is 4.99 Å². The summed E-state index contributed by atoms with van der Waals surface area (Å²) in [5.41, 5.74) is 1.25. The van der Waals surface area contributed by atoms with Gasteiger partial charge in [0.1, 0.15) is 0 Å². The molecule has 1 aliphatic heterocycles. The van der Waals surface area contributed by atoms with Crippen LogP contribution in [0.5, 0.6) is 0 Å². The third kappa shape index (κ3) is 5.29. The van der Waals surface area contributed by atoms with Gasteiger partial charge in [0, 0.05) is 43.2 Å². The molecular weight excluding hydrogens is 340 g/mol. The summed E-state index contributed by atoms with van der Waals surface area (Å²) >= 11 is 3.46. The van der Waals surface area contributed by atoms with Gasteiger partial charge in [-0.15, -0.1) is 0 Å². The molecule has 0 spiro atoms. The normalized spacial score (nSPS) is 17.8. The summed E-state index contributed by atoms with van der Waals surface area (Å²) in [6.45, 7) is 7.66. The number of piperidine rings is 1. The van der Waals surface area contributed by atoms with Crippen LogP contribution in [0.1, 0.15) is 32.3 Å². The molecule has 1 heterocycles. The summed E-state index contributed by atoms with van der Waals surface area (Å²) < 4.78 is 1.11. The molecule has 22 heavy (non-hydrogen) atoms. The average molecular weight is 367 g/mol. The molecule has 0 radical (unpaired) electrons. The molecule has 0 bridgehead atoms. The number of likely N-dealkylation sites (tertiary alicyclic amines) is 1. The Labute approximate surface area is 142 Å². The maximum atomic E-state index is 4.34. The standard InChI is InChI=1S/C17H27BrN4/c1-13(2)22-10-8-16(9-11-22)21-17(19-3)20-12-14-4-6-15(18)7-5-14/h4-7,13,16H,8-12H2,1-3H3,(H2,19,20,21). The molecule has 0 aromatic heterocycles. The topological polar surface area (TPSA) is 39.7 Å². The highest BCUT2D eigenvalue weighted by atomic mass is 79.9. The highest BCUT2D eigenvalue weighted by molar-refractivity contribution is 9.10. The first-order valence-corrected chi connectivity index (χ1v) is 8.83. The molecule has 0 amide bonds. The maximum absolute atomic E-state index is 4.34. The van der Waals surface area contributed by atoms with Gasteiger partial charge in [0.15, 0.2) is 5.96 Å². The number of hydrogen-bond acceptors (Lipinski definition) is 2. The fraction of sp³-hybridized carbons (Fsp3) is 0.588. The van der Waals surface area contributed by atoms with Crippen LogP contribution in [-0.4, -0.2) is 43.1 Å². The van der Waals surface area contributed by atoms with Crippen molar-refractivity contribution in [1.82, 2.24) is 15.5 Å². The molecule has 0 aliphatic carbocycles. The molecule has 0 atom stereocenters. The van der Waals surface area contributed by atoms with Crippen LogP contribution in [0.2, 0.25) is 0 Å². The lowest BCUT2D eigenvalue weighted by Gasteiger charge is -2.35. The largest absolute Gasteiger partial charge is 0.354 e. The third-order valence-electron chi connectivity index (χ3n) is 4.20. The van der Waals surface area contributed by atoms with Gasteiger partial charge in [0.05, 0.1) is 0 Å². The van der Waals surface area contributed by atoms with Gasteiger partial charge in [-0.1, -0.05) is 28.1 Å². The minimum atomic E-state index is 0.520. The van der Waals surface area contributed by atoms with Gasteiger partial charge in [-0.25, -0.2) is 0 Å². The highest BCUT2D eigenvalue weighted by Gasteiger charge is 2.21. The van der Waals surface area contributed by atoms with E-state index in [1.165, 1.54) is 31.5 Å². The predicted molar refractivity (Wildman–Crippen MR) is 97.2 cm³/mol. The van der Waals surface area contributed by atoms with E-state index in [1.54, 1.807) is 0 Å². The lowest BCUT2D eigenvalue weighted by molar-refractivity contribution is 0.167. The number of rotatable bonds is 4. The molecule has 2 N–H and O–H groups in total. The highest BCUT2D eigenvalue weighted by Crippen LogP contribution is 2.13. The molecule has 2 rings (SSSR count). The molecule has 122 valence electrons. The molecule has 5 heteroatoms. The van der Waals surface area contributed by atoms with Crippen LogP contribution in [-0.2, 0) is 6.54 Å². The van der Waals surface area contributed by atoms with E-state index >= 15 is 0 Å². The lowest BCUT2D eigenvalue weighted by atomic mass is 10.0. The Hall–Kier alpha value is -1.07. The zero-order chi connectivity index (χ0) is 15.9. The molecule has 1 saturated heterocycles. The van der Waals surface area contributed by atoms with Gasteiger partial charge in [-0.05, 0) is 44.4 Å². The van der Waals surface area contributed by atoms with Crippen LogP contribution in [0, 0.1) is 0 Å². The maximum Gasteiger partial charge on any atom is 0.191 e. The first kappa shape index (κ1) is 17.3. The molecule has 4 nitrogen and oxygen atoms in total. The van der Waals surface area contributed by atoms with Crippen molar-refractivity contribution in [3.05, 3.63) is 34.3 Å². The van der Waals surface area contributed by atoms with Gasteiger partial charge < -0.3 is 15.5 Å². The van der Waals surface area contributed by atoms with Crippen LogP contribution in [0.4, 0.5) is 0 Å². The van der Waals surface area contributed by atoms with Gasteiger partial charge in [0.25, 0.3) is 0 Å². The van der Waals surface area contributed by atoms with Crippen LogP contribution in [0.25, 0.3) is 0 Å². The van der Waals surface area contributed by atoms with Crippen molar-refractivity contribution < 1.29 is 0 Å². The second-order valence-corrected chi connectivity index (χ2v) is 7.02. The summed E-state index contributed by atoms with van der Waals surface area (Å²) in [7, 11) is 1.83. The lowest BCUT2D eigenvalue weighted by Crippen LogP contribution is -2.49. The quantitative estimate of drug-likeness (QED) is 0.635. The summed E-state index contributed by atoms with van der Waals surface area (Å²) in [6.07, 6.45) is 2.36. The Morgan fingerprint density at radius 3 is 2.45 bits per heavy atom. The van der Waals surface area contributed by atoms with Crippen molar-refractivity contribution >= 4 is 21.9 Å². The first-order chi connectivity index (χ1) is 10.6. The van der Waals surface area contributed by atoms with E-state index in [2.05, 4.69) is 74.6 Å². The zero-order valence-corrected chi connectivity index (χ0v) is 15.4. The minimum Gasteiger partial charge on any atom is -0.354 e. The molecule has 1 aromatic rings. The van der Waals surface area contributed by atoms with E-state index in [1.807, 2.05) is 7.05 Å². The van der Waals surface area contributed by atoms with Crippen LogP contribution < -0.4 is 10.6 Å². The molecule has 0 unspecified atom stereocenters. The summed E-state index contributed by atoms with van der Waals surface area (Å²) in [5.74, 6) is 0.894. The summed E-state index contributed by atoms with van der Waals surface area (Å²) in [4.78, 5) is 6.88. The Morgan fingerprint density at radius 1 is 1.27 bits per heavy atom. The molecule has 0 saturated carbocycles. The Kier molecular flexibility index (Phi) is 6.70. The van der Waals surface area contributed by atoms with E-state index in [9.17, 15) is 0 Å². The fourth-order valence-corrected chi connectivity index (χ4v) is 3.00. The van der Waals surface area contributed by atoms with Gasteiger partial charge in [0.2, 0.25) is 0 Å². The van der Waals surface area contributed by atoms with Crippen molar-refractivity contribution in [1.29, 1.82) is 0 Å². The van der Waals surface area contributed by atoms with E-state index in [4.69, 9.17) is 0 Å². The monoisotopic (exact) mass is 366 g/mol. The van der Waals surface area contributed by atoms with E-state index < -0.39 is 0 Å². The fourth-order valence-electron chi connectivity index (χ4n) is 2.74. The summed E-state index contributed by atoms with van der Waals surface area (Å²) in [5, 5.41) is 6.95. The van der Waals surface area contributed by atoms with E-state index in [-0.39, 0.29) is 0 Å². The van der Waals surface area contributed by atoms with Crippen molar-refractivity contribution in [2.45, 2.75) is 45.3 Å². The van der Waals surface area contributed by atoms with Crippen LogP contribution in [0.3, 0.4) is 0 Å². The predicted octanol–water partition coefficient (Wildman–Crippen LogP) is 2.99. The number of hydrogen-bond donors (Lipinski definition) is 2. The second kappa shape index (κ2) is 8.53. The van der Waals surface area contributed by atoms with Gasteiger partial charge in [-0.2, -0.15) is 0 Å². The number of guanidine groups is 1. The number of aliphatic imine (C=N–C) groups is 1. The SMILES string of the molecule is CN=C(NCc1ccc(Br)cc1)NC1CCN(C(C)C)CC1. The Bertz CT molecular complexity index is 476. The first-order valence-electron chi connectivity index (χ1n) is 8.04. The van der Waals surface area contributed by atoms with Crippen molar-refractivity contribution in [2.75, 3.05) is 20.1 Å². The number of nitrogens with one attached hydrogen (secondary N) is 2. The second-order valence-electron chi connectivity index (χ2n) is 6.10. The number of benzene rings is 1. The van der Waals surface area contributed by atoms with Gasteiger partial charge in [-0.3, -0.25) is 4.99 Å². The number of nitrogens with zero attached hydrogens (tertiary/aromatic N) is 2. The van der Waals surface area contributed by atoms with Crippen molar-refractivity contribution in [3.63, 3.8) is 0 Å². The minimum absolute atomic E-state index is 0.520. The molecule has 1 aliphatic rings. The van der Waals surface area contributed by atoms with Crippen LogP contribution in [0.15, 0.2) is 33.7 Å². The molecule has 1 aromatic carbocycles. The zero-order valence-electron chi connectivity index (χ0n) is 13.8. The van der Waals surface area contributed by atoms with Crippen molar-refractivity contribution in [3.8, 4) is 0 Å². The smallest absolute Gasteiger partial charge is 0.191 e. The van der Waals surface area contributed by atoms with E-state index in [0.717, 1.165) is 17.0 Å². The van der Waals surface area contributed by atoms with E-state index in [0.29, 0.717) is 12.1 Å². The number of halogens is 1. The average Bonchev–Trinajstić information content (AvgIpc) is 2.53. The molecular formula is C17H27BrN4. The Balaban J connectivity index is 1.77.